The molecule has 2 rings (SSSR count). The maximum absolute atomic E-state index is 4.37. The maximum Gasteiger partial charge on any atom is 0.223 e. The van der Waals surface area contributed by atoms with E-state index in [0.29, 0.717) is 5.95 Å². The van der Waals surface area contributed by atoms with Crippen molar-refractivity contribution in [1.82, 2.24) is 19.9 Å². The molecule has 82 valence electrons. The van der Waals surface area contributed by atoms with Crippen LogP contribution in [0, 0.1) is 6.92 Å². The third-order valence-electron chi connectivity index (χ3n) is 2.01. The van der Waals surface area contributed by atoms with Crippen molar-refractivity contribution in [2.24, 2.45) is 0 Å². The van der Waals surface area contributed by atoms with E-state index in [9.17, 15) is 0 Å². The third-order valence-corrected chi connectivity index (χ3v) is 2.01. The van der Waals surface area contributed by atoms with Gasteiger partial charge in [0.25, 0.3) is 0 Å². The summed E-state index contributed by atoms with van der Waals surface area (Å²) in [6.07, 6.45) is 4.99. The van der Waals surface area contributed by atoms with Gasteiger partial charge in [-0.3, -0.25) is 9.97 Å². The lowest BCUT2D eigenvalue weighted by molar-refractivity contribution is 1.05. The maximum atomic E-state index is 4.37. The molecule has 2 heterocycles. The molecular weight excluding hydrogens is 202 g/mol. The Morgan fingerprint density at radius 2 is 2.06 bits per heavy atom. The monoisotopic (exact) mass is 215 g/mol. The summed E-state index contributed by atoms with van der Waals surface area (Å²) < 4.78 is 0. The first kappa shape index (κ1) is 10.5. The Morgan fingerprint density at radius 3 is 2.75 bits per heavy atom. The number of anilines is 1. The zero-order valence-electron chi connectivity index (χ0n) is 9.31. The minimum Gasteiger partial charge on any atom is -0.354 e. The zero-order valence-corrected chi connectivity index (χ0v) is 9.31. The topological polar surface area (TPSA) is 63.6 Å². The average molecular weight is 215 g/mol. The van der Waals surface area contributed by atoms with E-state index in [2.05, 4.69) is 25.3 Å². The van der Waals surface area contributed by atoms with E-state index >= 15 is 0 Å². The highest BCUT2D eigenvalue weighted by Crippen LogP contribution is 2.15. The molecule has 0 spiro atoms. The van der Waals surface area contributed by atoms with Crippen LogP contribution in [0.25, 0.3) is 11.4 Å². The number of rotatable bonds is 3. The molecule has 0 aromatic carbocycles. The standard InChI is InChI=1S/C11H13N5/c1-3-13-11-15-8(2)6-9(16-11)10-7-12-4-5-14-10/h4-7H,3H2,1-2H3,(H,13,15,16). The fraction of sp³-hybridized carbons (Fsp3) is 0.273. The lowest BCUT2D eigenvalue weighted by Gasteiger charge is -2.05. The molecule has 16 heavy (non-hydrogen) atoms. The second-order valence-corrected chi connectivity index (χ2v) is 3.34. The van der Waals surface area contributed by atoms with Gasteiger partial charge in [-0.25, -0.2) is 9.97 Å². The van der Waals surface area contributed by atoms with Crippen molar-refractivity contribution < 1.29 is 0 Å². The lowest BCUT2D eigenvalue weighted by atomic mass is 10.3. The molecule has 0 radical (unpaired) electrons. The highest BCUT2D eigenvalue weighted by Gasteiger charge is 2.04. The van der Waals surface area contributed by atoms with E-state index in [0.717, 1.165) is 23.6 Å². The first-order chi connectivity index (χ1) is 7.79. The third kappa shape index (κ3) is 2.31. The SMILES string of the molecule is CCNc1nc(C)cc(-c2cnccn2)n1. The molecule has 0 fully saturated rings. The Bertz CT molecular complexity index is 469. The summed E-state index contributed by atoms with van der Waals surface area (Å²) >= 11 is 0. The molecule has 0 atom stereocenters. The summed E-state index contributed by atoms with van der Waals surface area (Å²) in [6.45, 7) is 4.74. The summed E-state index contributed by atoms with van der Waals surface area (Å²) in [5.74, 6) is 0.628. The summed E-state index contributed by atoms with van der Waals surface area (Å²) in [6, 6.07) is 1.89. The van der Waals surface area contributed by atoms with Gasteiger partial charge in [-0.05, 0) is 19.9 Å². The van der Waals surface area contributed by atoms with Gasteiger partial charge in [-0.1, -0.05) is 0 Å². The normalized spacial score (nSPS) is 10.1. The van der Waals surface area contributed by atoms with Crippen LogP contribution in [0.1, 0.15) is 12.6 Å². The van der Waals surface area contributed by atoms with Crippen molar-refractivity contribution in [3.63, 3.8) is 0 Å². The van der Waals surface area contributed by atoms with Crippen molar-refractivity contribution in [3.05, 3.63) is 30.4 Å². The van der Waals surface area contributed by atoms with Crippen LogP contribution in [0.5, 0.6) is 0 Å². The number of nitrogens with one attached hydrogen (secondary N) is 1. The molecule has 2 aromatic rings. The van der Waals surface area contributed by atoms with Crippen LogP contribution in [0.2, 0.25) is 0 Å². The van der Waals surface area contributed by atoms with Gasteiger partial charge in [-0.2, -0.15) is 0 Å². The van der Waals surface area contributed by atoms with Gasteiger partial charge in [0.2, 0.25) is 5.95 Å². The molecule has 0 aliphatic rings. The van der Waals surface area contributed by atoms with E-state index in [4.69, 9.17) is 0 Å². The number of aryl methyl sites for hydroxylation is 1. The molecule has 0 bridgehead atoms. The summed E-state index contributed by atoms with van der Waals surface area (Å²) in [7, 11) is 0. The van der Waals surface area contributed by atoms with Gasteiger partial charge in [0.1, 0.15) is 5.69 Å². The van der Waals surface area contributed by atoms with Crippen LogP contribution in [0.4, 0.5) is 5.95 Å². The van der Waals surface area contributed by atoms with Crippen LogP contribution in [0.3, 0.4) is 0 Å². The highest BCUT2D eigenvalue weighted by atomic mass is 15.1. The number of aromatic nitrogens is 4. The first-order valence-electron chi connectivity index (χ1n) is 5.15. The van der Waals surface area contributed by atoms with Crippen molar-refractivity contribution in [3.8, 4) is 11.4 Å². The number of nitrogens with zero attached hydrogens (tertiary/aromatic N) is 4. The Labute approximate surface area is 94.0 Å². The summed E-state index contributed by atoms with van der Waals surface area (Å²) in [4.78, 5) is 16.9. The molecule has 5 heteroatoms. The second-order valence-electron chi connectivity index (χ2n) is 3.34. The predicted molar refractivity (Wildman–Crippen MR) is 62.0 cm³/mol. The summed E-state index contributed by atoms with van der Waals surface area (Å²) in [5, 5.41) is 3.09. The second kappa shape index (κ2) is 4.65. The minimum atomic E-state index is 0.628. The Hall–Kier alpha value is -2.04. The molecule has 0 saturated heterocycles. The van der Waals surface area contributed by atoms with Crippen LogP contribution >= 0.6 is 0 Å². The van der Waals surface area contributed by atoms with Crippen LogP contribution in [0.15, 0.2) is 24.7 Å². The molecule has 5 nitrogen and oxygen atoms in total. The Morgan fingerprint density at radius 1 is 1.19 bits per heavy atom. The van der Waals surface area contributed by atoms with Crippen molar-refractivity contribution in [2.75, 3.05) is 11.9 Å². The molecule has 0 unspecified atom stereocenters. The van der Waals surface area contributed by atoms with E-state index < -0.39 is 0 Å². The van der Waals surface area contributed by atoms with E-state index in [1.165, 1.54) is 0 Å². The average Bonchev–Trinajstić information content (AvgIpc) is 2.30. The van der Waals surface area contributed by atoms with E-state index in [1.807, 2.05) is 19.9 Å². The number of hydrogen-bond donors (Lipinski definition) is 1. The Balaban J connectivity index is 2.41. The zero-order chi connectivity index (χ0) is 11.4. The van der Waals surface area contributed by atoms with Crippen molar-refractivity contribution in [2.45, 2.75) is 13.8 Å². The fourth-order valence-electron chi connectivity index (χ4n) is 1.37. The van der Waals surface area contributed by atoms with Crippen LogP contribution < -0.4 is 5.32 Å². The van der Waals surface area contributed by atoms with Gasteiger partial charge in [0, 0.05) is 24.6 Å². The van der Waals surface area contributed by atoms with Gasteiger partial charge < -0.3 is 5.32 Å². The molecular formula is C11H13N5. The van der Waals surface area contributed by atoms with Crippen molar-refractivity contribution in [1.29, 1.82) is 0 Å². The molecule has 0 aliphatic heterocycles. The van der Waals surface area contributed by atoms with Gasteiger partial charge >= 0.3 is 0 Å². The lowest BCUT2D eigenvalue weighted by Crippen LogP contribution is -2.04. The van der Waals surface area contributed by atoms with Crippen LogP contribution in [-0.4, -0.2) is 26.5 Å². The largest absolute Gasteiger partial charge is 0.354 e. The predicted octanol–water partition coefficient (Wildman–Crippen LogP) is 1.67. The molecule has 0 aliphatic carbocycles. The molecule has 2 aromatic heterocycles. The quantitative estimate of drug-likeness (QED) is 0.843. The summed E-state index contributed by atoms with van der Waals surface area (Å²) in [5.41, 5.74) is 2.45. The molecule has 0 saturated carbocycles. The molecule has 1 N–H and O–H groups in total. The number of hydrogen-bond acceptors (Lipinski definition) is 5. The van der Waals surface area contributed by atoms with Gasteiger partial charge in [0.05, 0.1) is 11.9 Å². The van der Waals surface area contributed by atoms with Crippen LogP contribution in [-0.2, 0) is 0 Å². The molecule has 0 amide bonds. The van der Waals surface area contributed by atoms with Crippen molar-refractivity contribution >= 4 is 5.95 Å². The highest BCUT2D eigenvalue weighted by molar-refractivity contribution is 5.54. The van der Waals surface area contributed by atoms with E-state index in [1.54, 1.807) is 18.6 Å². The smallest absolute Gasteiger partial charge is 0.223 e. The Kier molecular flexibility index (Phi) is 3.05. The minimum absolute atomic E-state index is 0.628. The van der Waals surface area contributed by atoms with Gasteiger partial charge in [-0.15, -0.1) is 0 Å². The first-order valence-corrected chi connectivity index (χ1v) is 5.15. The fourth-order valence-corrected chi connectivity index (χ4v) is 1.37. The van der Waals surface area contributed by atoms with Gasteiger partial charge in [0.15, 0.2) is 0 Å². The van der Waals surface area contributed by atoms with E-state index in [-0.39, 0.29) is 0 Å².